The molecule has 0 atom stereocenters. The zero-order valence-corrected chi connectivity index (χ0v) is 9.45. The molecule has 0 radical (unpaired) electrons. The minimum atomic E-state index is 0. The van der Waals surface area contributed by atoms with Crippen LogP contribution in [0.3, 0.4) is 0 Å². The third-order valence-electron chi connectivity index (χ3n) is 1.11. The molecule has 2 aromatic rings. The second-order valence-corrected chi connectivity index (χ2v) is 1.92. The minimum absolute atomic E-state index is 0. The fraction of sp³-hybridized carbons (Fsp3) is 0. The summed E-state index contributed by atoms with van der Waals surface area (Å²) in [6, 6.07) is 20.0. The first-order chi connectivity index (χ1) is 5.00. The Morgan fingerprint density at radius 2 is 0.818 bits per heavy atom. The molecule has 0 saturated carbocycles. The fourth-order valence-electron chi connectivity index (χ4n) is 0.642. The van der Waals surface area contributed by atoms with Gasteiger partial charge in [-0.2, -0.15) is 36.4 Å². The molecule has 0 aliphatic carbocycles. The molecule has 0 nitrogen and oxygen atoms in total. The maximum Gasteiger partial charge on any atom is 2.00 e. The summed E-state index contributed by atoms with van der Waals surface area (Å²) >= 11 is 0. The van der Waals surface area contributed by atoms with Crippen molar-refractivity contribution in [3.63, 3.8) is 0 Å². The number of hydrogen-bond acceptors (Lipinski definition) is 0. The van der Waals surface area contributed by atoms with E-state index >= 15 is 0 Å². The van der Waals surface area contributed by atoms with Crippen molar-refractivity contribution in [3.05, 3.63) is 60.7 Å². The Kier molecular flexibility index (Phi) is 6.97. The summed E-state index contributed by atoms with van der Waals surface area (Å²) in [6.45, 7) is 0. The second kappa shape index (κ2) is 7.43. The van der Waals surface area contributed by atoms with Gasteiger partial charge < -0.3 is 0 Å². The van der Waals surface area contributed by atoms with Crippen LogP contribution >= 0.6 is 0 Å². The van der Waals surface area contributed by atoms with E-state index in [9.17, 15) is 0 Å². The largest absolute Gasteiger partial charge is 2.00 e. The number of hydrogen-bond donors (Lipinski definition) is 0. The molecule has 0 spiro atoms. The van der Waals surface area contributed by atoms with Crippen molar-refractivity contribution in [2.24, 2.45) is 0 Å². The normalized spacial score (nSPS) is 7.27. The number of rotatable bonds is 0. The molecule has 1 heteroatoms. The van der Waals surface area contributed by atoms with E-state index in [-0.39, 0.29) is 19.5 Å². The van der Waals surface area contributed by atoms with Crippen molar-refractivity contribution in [1.29, 1.82) is 0 Å². The molecule has 11 heavy (non-hydrogen) atoms. The summed E-state index contributed by atoms with van der Waals surface area (Å²) in [6.07, 6.45) is 0. The maximum atomic E-state index is 2.00. The quantitative estimate of drug-likeness (QED) is 0.448. The minimum Gasteiger partial charge on any atom is -0.214 e. The topological polar surface area (TPSA) is 0 Å². The third-order valence-corrected chi connectivity index (χ3v) is 1.11. The maximum absolute atomic E-state index is 2.00. The molecule has 0 saturated heterocycles. The Balaban J connectivity index is 0.000000167. The Hall–Kier alpha value is -0.677. The van der Waals surface area contributed by atoms with Crippen molar-refractivity contribution >= 4 is 0 Å². The van der Waals surface area contributed by atoms with E-state index in [1.165, 1.54) is 0 Å². The van der Waals surface area contributed by atoms with Gasteiger partial charge in [-0.05, 0) is 0 Å². The van der Waals surface area contributed by atoms with E-state index in [0.717, 1.165) is 0 Å². The van der Waals surface area contributed by atoms with Crippen LogP contribution in [0.25, 0.3) is 0 Å². The zero-order valence-electron chi connectivity index (χ0n) is 6.48. The molecule has 0 amide bonds. The van der Waals surface area contributed by atoms with Gasteiger partial charge in [-0.15, -0.1) is 0 Å². The molecule has 0 fully saturated rings. The van der Waals surface area contributed by atoms with Crippen molar-refractivity contribution in [1.82, 2.24) is 0 Å². The SMILES string of the molecule is [Zn+2].c1cc[cH-]c1.c1cc[cH-]c1. The Labute approximate surface area is 80.4 Å². The van der Waals surface area contributed by atoms with Gasteiger partial charge in [0, 0.05) is 0 Å². The van der Waals surface area contributed by atoms with E-state index in [0.29, 0.717) is 0 Å². The second-order valence-electron chi connectivity index (χ2n) is 1.92. The van der Waals surface area contributed by atoms with Gasteiger partial charge in [-0.25, -0.2) is 24.3 Å². The van der Waals surface area contributed by atoms with Crippen molar-refractivity contribution in [2.75, 3.05) is 0 Å². The van der Waals surface area contributed by atoms with Gasteiger partial charge in [0.05, 0.1) is 0 Å². The standard InChI is InChI=1S/2C5H5.Zn/c2*1-2-4-5-3-1;/h2*1-5H;/q2*-1;+2. The molecule has 0 N–H and O–H groups in total. The summed E-state index contributed by atoms with van der Waals surface area (Å²) in [4.78, 5) is 0. The van der Waals surface area contributed by atoms with Crippen LogP contribution in [-0.2, 0) is 19.5 Å². The van der Waals surface area contributed by atoms with Crippen molar-refractivity contribution in [3.8, 4) is 0 Å². The molecule has 0 heterocycles. The first-order valence-electron chi connectivity index (χ1n) is 3.33. The average Bonchev–Trinajstić information content (AvgIpc) is 2.67. The summed E-state index contributed by atoms with van der Waals surface area (Å²) in [5, 5.41) is 0. The van der Waals surface area contributed by atoms with Gasteiger partial charge in [0.25, 0.3) is 0 Å². The molecule has 2 aromatic carbocycles. The third kappa shape index (κ3) is 5.75. The van der Waals surface area contributed by atoms with Crippen LogP contribution in [0.15, 0.2) is 60.7 Å². The predicted octanol–water partition coefficient (Wildman–Crippen LogP) is 2.81. The molecular weight excluding hydrogens is 185 g/mol. The van der Waals surface area contributed by atoms with Gasteiger partial charge in [-0.1, -0.05) is 0 Å². The Morgan fingerprint density at radius 3 is 0.909 bits per heavy atom. The molecule has 2 rings (SSSR count). The molecule has 52 valence electrons. The summed E-state index contributed by atoms with van der Waals surface area (Å²) in [7, 11) is 0. The molecule has 0 unspecified atom stereocenters. The molecule has 0 aliphatic heterocycles. The monoisotopic (exact) mass is 194 g/mol. The average molecular weight is 196 g/mol. The zero-order chi connectivity index (χ0) is 7.07. The molecular formula is C10H10Zn. The first kappa shape index (κ1) is 10.3. The van der Waals surface area contributed by atoms with E-state index < -0.39 is 0 Å². The summed E-state index contributed by atoms with van der Waals surface area (Å²) in [5.74, 6) is 0. The van der Waals surface area contributed by atoms with E-state index in [1.807, 2.05) is 60.7 Å². The van der Waals surface area contributed by atoms with Gasteiger partial charge in [0.2, 0.25) is 0 Å². The predicted molar refractivity (Wildman–Crippen MR) is 44.1 cm³/mol. The summed E-state index contributed by atoms with van der Waals surface area (Å²) < 4.78 is 0. The van der Waals surface area contributed by atoms with E-state index in [4.69, 9.17) is 0 Å². The first-order valence-corrected chi connectivity index (χ1v) is 3.33. The molecule has 0 aliphatic rings. The van der Waals surface area contributed by atoms with Crippen LogP contribution in [0.4, 0.5) is 0 Å². The molecule has 0 bridgehead atoms. The molecule has 0 aromatic heterocycles. The van der Waals surface area contributed by atoms with Crippen molar-refractivity contribution < 1.29 is 19.5 Å². The van der Waals surface area contributed by atoms with E-state index in [2.05, 4.69) is 0 Å². The van der Waals surface area contributed by atoms with Gasteiger partial charge >= 0.3 is 19.5 Å². The van der Waals surface area contributed by atoms with E-state index in [1.54, 1.807) is 0 Å². The fourth-order valence-corrected chi connectivity index (χ4v) is 0.642. The van der Waals surface area contributed by atoms with Crippen LogP contribution in [0, 0.1) is 0 Å². The van der Waals surface area contributed by atoms with Gasteiger partial charge in [0.1, 0.15) is 0 Å². The summed E-state index contributed by atoms with van der Waals surface area (Å²) in [5.41, 5.74) is 0. The van der Waals surface area contributed by atoms with Crippen molar-refractivity contribution in [2.45, 2.75) is 0 Å². The van der Waals surface area contributed by atoms with Gasteiger partial charge in [0.15, 0.2) is 0 Å². The van der Waals surface area contributed by atoms with Gasteiger partial charge in [-0.3, -0.25) is 0 Å². The van der Waals surface area contributed by atoms with Crippen LogP contribution in [0.2, 0.25) is 0 Å². The smallest absolute Gasteiger partial charge is 0.214 e. The Morgan fingerprint density at radius 1 is 0.545 bits per heavy atom. The van der Waals surface area contributed by atoms with Crippen LogP contribution in [0.1, 0.15) is 0 Å². The van der Waals surface area contributed by atoms with Crippen LogP contribution < -0.4 is 0 Å². The van der Waals surface area contributed by atoms with Crippen LogP contribution in [0.5, 0.6) is 0 Å². The Bertz CT molecular complexity index is 144. The van der Waals surface area contributed by atoms with Crippen LogP contribution in [-0.4, -0.2) is 0 Å².